The predicted molar refractivity (Wildman–Crippen MR) is 89.5 cm³/mol. The first kappa shape index (κ1) is 15.6. The fraction of sp³-hybridized carbons (Fsp3) is 0.375. The zero-order valence-corrected chi connectivity index (χ0v) is 13.2. The van der Waals surface area contributed by atoms with Gasteiger partial charge in [-0.25, -0.2) is 9.97 Å². The van der Waals surface area contributed by atoms with Crippen LogP contribution in [0.25, 0.3) is 0 Å². The van der Waals surface area contributed by atoms with Crippen LogP contribution in [0.4, 0.5) is 17.3 Å². The van der Waals surface area contributed by atoms with Crippen molar-refractivity contribution in [2.24, 2.45) is 0 Å². The Kier molecular flexibility index (Phi) is 5.81. The molecule has 0 atom stereocenters. The number of anilines is 3. The van der Waals surface area contributed by atoms with Crippen molar-refractivity contribution in [2.75, 3.05) is 17.2 Å². The van der Waals surface area contributed by atoms with Crippen molar-refractivity contribution in [1.29, 1.82) is 0 Å². The highest BCUT2D eigenvalue weighted by molar-refractivity contribution is 6.30. The molecule has 2 N–H and O–H groups in total. The van der Waals surface area contributed by atoms with E-state index in [1.165, 1.54) is 0 Å². The van der Waals surface area contributed by atoms with Gasteiger partial charge >= 0.3 is 0 Å². The summed E-state index contributed by atoms with van der Waals surface area (Å²) in [7, 11) is 0. The van der Waals surface area contributed by atoms with Gasteiger partial charge in [-0.2, -0.15) is 0 Å². The van der Waals surface area contributed by atoms with Crippen molar-refractivity contribution in [1.82, 2.24) is 9.97 Å². The third kappa shape index (κ3) is 4.33. The lowest BCUT2D eigenvalue weighted by molar-refractivity contribution is 0.892. The van der Waals surface area contributed by atoms with Crippen LogP contribution >= 0.6 is 11.6 Å². The zero-order valence-electron chi connectivity index (χ0n) is 12.5. The van der Waals surface area contributed by atoms with E-state index in [2.05, 4.69) is 34.4 Å². The minimum Gasteiger partial charge on any atom is -0.370 e. The molecule has 1 heterocycles. The molecule has 2 rings (SSSR count). The fourth-order valence-electron chi connectivity index (χ4n) is 2.07. The molecule has 4 nitrogen and oxygen atoms in total. The second-order valence-electron chi connectivity index (χ2n) is 4.86. The maximum absolute atomic E-state index is 5.91. The molecule has 0 aliphatic carbocycles. The van der Waals surface area contributed by atoms with Crippen LogP contribution in [0.3, 0.4) is 0 Å². The van der Waals surface area contributed by atoms with Crippen molar-refractivity contribution in [2.45, 2.75) is 33.1 Å². The van der Waals surface area contributed by atoms with E-state index in [1.807, 2.05) is 24.3 Å². The van der Waals surface area contributed by atoms with Crippen LogP contribution in [-0.2, 0) is 6.42 Å². The summed E-state index contributed by atoms with van der Waals surface area (Å²) in [5.41, 5.74) is 2.10. The van der Waals surface area contributed by atoms with E-state index in [0.29, 0.717) is 0 Å². The smallest absolute Gasteiger partial charge is 0.139 e. The first-order chi connectivity index (χ1) is 10.2. The second kappa shape index (κ2) is 7.84. The average Bonchev–Trinajstić information content (AvgIpc) is 2.50. The summed E-state index contributed by atoms with van der Waals surface area (Å²) >= 11 is 5.91. The molecule has 21 heavy (non-hydrogen) atoms. The summed E-state index contributed by atoms with van der Waals surface area (Å²) in [4.78, 5) is 8.76. The lowest BCUT2D eigenvalue weighted by Gasteiger charge is -2.15. The van der Waals surface area contributed by atoms with Crippen LogP contribution in [0.15, 0.2) is 30.6 Å². The van der Waals surface area contributed by atoms with E-state index < -0.39 is 0 Å². The molecule has 0 aliphatic rings. The van der Waals surface area contributed by atoms with Gasteiger partial charge < -0.3 is 10.6 Å². The first-order valence-corrected chi connectivity index (χ1v) is 7.72. The van der Waals surface area contributed by atoms with Crippen molar-refractivity contribution in [3.05, 3.63) is 41.2 Å². The third-order valence-corrected chi connectivity index (χ3v) is 3.35. The van der Waals surface area contributed by atoms with Gasteiger partial charge in [0, 0.05) is 22.8 Å². The lowest BCUT2D eigenvalue weighted by Crippen LogP contribution is -2.09. The first-order valence-electron chi connectivity index (χ1n) is 7.35. The quantitative estimate of drug-likeness (QED) is 0.782. The Labute approximate surface area is 131 Å². The van der Waals surface area contributed by atoms with E-state index in [4.69, 9.17) is 11.6 Å². The largest absolute Gasteiger partial charge is 0.370 e. The van der Waals surface area contributed by atoms with Gasteiger partial charge in [-0.3, -0.25) is 0 Å². The summed E-state index contributed by atoms with van der Waals surface area (Å²) in [6.45, 7) is 5.21. The van der Waals surface area contributed by atoms with Crippen LogP contribution in [0, 0.1) is 0 Å². The Bertz CT molecular complexity index is 569. The van der Waals surface area contributed by atoms with E-state index in [9.17, 15) is 0 Å². The van der Waals surface area contributed by atoms with Crippen LogP contribution in [0.2, 0.25) is 5.02 Å². The van der Waals surface area contributed by atoms with Crippen molar-refractivity contribution in [3.63, 3.8) is 0 Å². The SMILES string of the molecule is CCCNc1ncnc(Nc2ccc(Cl)cc2)c1CCC. The Morgan fingerprint density at radius 2 is 1.71 bits per heavy atom. The molecule has 0 saturated heterocycles. The number of nitrogens with one attached hydrogen (secondary N) is 2. The number of aromatic nitrogens is 2. The number of halogens is 1. The minimum absolute atomic E-state index is 0.724. The van der Waals surface area contributed by atoms with E-state index >= 15 is 0 Å². The molecule has 0 radical (unpaired) electrons. The molecule has 0 aliphatic heterocycles. The van der Waals surface area contributed by atoms with Gasteiger partial charge in [-0.15, -0.1) is 0 Å². The monoisotopic (exact) mass is 304 g/mol. The number of benzene rings is 1. The maximum atomic E-state index is 5.91. The summed E-state index contributed by atoms with van der Waals surface area (Å²) in [5.74, 6) is 1.78. The Hall–Kier alpha value is -1.81. The number of hydrogen-bond donors (Lipinski definition) is 2. The fourth-order valence-corrected chi connectivity index (χ4v) is 2.20. The van der Waals surface area contributed by atoms with Crippen LogP contribution in [0.5, 0.6) is 0 Å². The van der Waals surface area contributed by atoms with Gasteiger partial charge in [0.1, 0.15) is 18.0 Å². The molecule has 0 saturated carbocycles. The van der Waals surface area contributed by atoms with Crippen molar-refractivity contribution in [3.8, 4) is 0 Å². The standard InChI is InChI=1S/C16H21ClN4/c1-3-5-14-15(18-10-4-2)19-11-20-16(14)21-13-8-6-12(17)7-9-13/h6-9,11H,3-5,10H2,1-2H3,(H2,18,19,20,21). The van der Waals surface area contributed by atoms with Gasteiger partial charge in [-0.1, -0.05) is 31.9 Å². The highest BCUT2D eigenvalue weighted by atomic mass is 35.5. The summed E-state index contributed by atoms with van der Waals surface area (Å²) in [6.07, 6.45) is 4.64. The average molecular weight is 305 g/mol. The van der Waals surface area contributed by atoms with E-state index in [-0.39, 0.29) is 0 Å². The van der Waals surface area contributed by atoms with E-state index in [1.54, 1.807) is 6.33 Å². The molecular weight excluding hydrogens is 284 g/mol. The lowest BCUT2D eigenvalue weighted by atomic mass is 10.1. The molecule has 2 aromatic rings. The number of hydrogen-bond acceptors (Lipinski definition) is 4. The summed E-state index contributed by atoms with van der Waals surface area (Å²) < 4.78 is 0. The molecule has 0 amide bonds. The Morgan fingerprint density at radius 3 is 2.38 bits per heavy atom. The Morgan fingerprint density at radius 1 is 1.00 bits per heavy atom. The summed E-state index contributed by atoms with van der Waals surface area (Å²) in [5, 5.41) is 7.45. The summed E-state index contributed by atoms with van der Waals surface area (Å²) in [6, 6.07) is 7.61. The highest BCUT2D eigenvalue weighted by Crippen LogP contribution is 2.25. The van der Waals surface area contributed by atoms with Gasteiger partial charge in [-0.05, 0) is 37.1 Å². The van der Waals surface area contributed by atoms with Gasteiger partial charge in [0.2, 0.25) is 0 Å². The Balaban J connectivity index is 2.26. The number of rotatable bonds is 7. The molecule has 1 aromatic heterocycles. The van der Waals surface area contributed by atoms with E-state index in [0.717, 1.165) is 53.7 Å². The van der Waals surface area contributed by atoms with Crippen LogP contribution < -0.4 is 10.6 Å². The second-order valence-corrected chi connectivity index (χ2v) is 5.29. The molecule has 0 bridgehead atoms. The highest BCUT2D eigenvalue weighted by Gasteiger charge is 2.10. The molecule has 1 aromatic carbocycles. The normalized spacial score (nSPS) is 10.4. The molecule has 0 spiro atoms. The molecule has 5 heteroatoms. The molecular formula is C16H21ClN4. The predicted octanol–water partition coefficient (Wildman–Crippen LogP) is 4.65. The maximum Gasteiger partial charge on any atom is 0.139 e. The van der Waals surface area contributed by atoms with Gasteiger partial charge in [0.05, 0.1) is 0 Å². The van der Waals surface area contributed by atoms with Gasteiger partial charge in [0.15, 0.2) is 0 Å². The molecule has 0 unspecified atom stereocenters. The number of nitrogens with zero attached hydrogens (tertiary/aromatic N) is 2. The van der Waals surface area contributed by atoms with Crippen molar-refractivity contribution < 1.29 is 0 Å². The molecule has 0 fully saturated rings. The van der Waals surface area contributed by atoms with Crippen LogP contribution in [-0.4, -0.2) is 16.5 Å². The van der Waals surface area contributed by atoms with Crippen LogP contribution in [0.1, 0.15) is 32.3 Å². The topological polar surface area (TPSA) is 49.8 Å². The molecule has 112 valence electrons. The minimum atomic E-state index is 0.724. The van der Waals surface area contributed by atoms with Gasteiger partial charge in [0.25, 0.3) is 0 Å². The van der Waals surface area contributed by atoms with Crippen molar-refractivity contribution >= 4 is 28.9 Å². The third-order valence-electron chi connectivity index (χ3n) is 3.09. The zero-order chi connectivity index (χ0) is 15.1.